The fraction of sp³-hybridized carbons (Fsp3) is 0.176. The van der Waals surface area contributed by atoms with E-state index < -0.39 is 0 Å². The van der Waals surface area contributed by atoms with Crippen LogP contribution in [-0.2, 0) is 4.79 Å². The molecule has 1 amide bonds. The van der Waals surface area contributed by atoms with E-state index in [0.717, 1.165) is 11.1 Å². The molecule has 3 aromatic rings. The van der Waals surface area contributed by atoms with Crippen LogP contribution in [0.25, 0.3) is 22.6 Å². The average molecular weight is 315 g/mol. The molecule has 0 aliphatic heterocycles. The Hall–Kier alpha value is -2.33. The average Bonchev–Trinajstić information content (AvgIpc) is 2.90. The Morgan fingerprint density at radius 1 is 1.23 bits per heavy atom. The maximum atomic E-state index is 11.7. The smallest absolute Gasteiger partial charge is 0.227 e. The highest BCUT2D eigenvalue weighted by Crippen LogP contribution is 2.27. The van der Waals surface area contributed by atoms with Gasteiger partial charge in [-0.2, -0.15) is 0 Å². The van der Waals surface area contributed by atoms with E-state index in [0.29, 0.717) is 22.2 Å². The lowest BCUT2D eigenvalue weighted by Gasteiger charge is -2.06. The number of amides is 1. The molecule has 0 bridgehead atoms. The first-order valence-electron chi connectivity index (χ1n) is 7.00. The topological polar surface area (TPSA) is 55.1 Å². The molecule has 3 rings (SSSR count). The second kappa shape index (κ2) is 5.81. The van der Waals surface area contributed by atoms with E-state index in [4.69, 9.17) is 16.0 Å². The standard InChI is InChI=1S/C17H15ClN2O2/c1-10(2)16(21)19-13-6-7-14-15(9-13)22-17(20-14)11-4-3-5-12(18)8-11/h3-10H,1-2H3,(H,19,21). The van der Waals surface area contributed by atoms with Gasteiger partial charge in [0.25, 0.3) is 0 Å². The number of hydrogen-bond donors (Lipinski definition) is 1. The molecule has 0 unspecified atom stereocenters. The van der Waals surface area contributed by atoms with Crippen LogP contribution in [0.3, 0.4) is 0 Å². The van der Waals surface area contributed by atoms with Gasteiger partial charge in [-0.1, -0.05) is 31.5 Å². The molecule has 0 atom stereocenters. The van der Waals surface area contributed by atoms with Gasteiger partial charge in [0, 0.05) is 28.3 Å². The Morgan fingerprint density at radius 3 is 2.77 bits per heavy atom. The third-order valence-electron chi connectivity index (χ3n) is 3.25. The molecule has 0 fully saturated rings. The number of oxazole rings is 1. The van der Waals surface area contributed by atoms with Crippen molar-refractivity contribution < 1.29 is 9.21 Å². The van der Waals surface area contributed by atoms with Crippen LogP contribution in [-0.4, -0.2) is 10.9 Å². The lowest BCUT2D eigenvalue weighted by atomic mass is 10.2. The van der Waals surface area contributed by atoms with Gasteiger partial charge < -0.3 is 9.73 Å². The Balaban J connectivity index is 1.95. The number of aromatic nitrogens is 1. The van der Waals surface area contributed by atoms with E-state index in [1.54, 1.807) is 18.2 Å². The van der Waals surface area contributed by atoms with E-state index >= 15 is 0 Å². The van der Waals surface area contributed by atoms with E-state index in [1.165, 1.54) is 0 Å². The minimum absolute atomic E-state index is 0.0334. The summed E-state index contributed by atoms with van der Waals surface area (Å²) in [6.07, 6.45) is 0. The summed E-state index contributed by atoms with van der Waals surface area (Å²) in [6, 6.07) is 12.7. The molecular formula is C17H15ClN2O2. The number of halogens is 1. The number of benzene rings is 2. The number of fused-ring (bicyclic) bond motifs is 1. The normalized spacial score (nSPS) is 11.1. The van der Waals surface area contributed by atoms with Crippen molar-refractivity contribution in [3.8, 4) is 11.5 Å². The predicted octanol–water partition coefficient (Wildman–Crippen LogP) is 4.74. The number of rotatable bonds is 3. The summed E-state index contributed by atoms with van der Waals surface area (Å²) < 4.78 is 5.77. The first kappa shape index (κ1) is 14.6. The molecule has 1 heterocycles. The second-order valence-electron chi connectivity index (χ2n) is 5.36. The van der Waals surface area contributed by atoms with Gasteiger partial charge in [0.1, 0.15) is 5.52 Å². The first-order chi connectivity index (χ1) is 10.5. The maximum absolute atomic E-state index is 11.7. The highest BCUT2D eigenvalue weighted by molar-refractivity contribution is 6.30. The Kier molecular flexibility index (Phi) is 3.86. The van der Waals surface area contributed by atoms with Gasteiger partial charge in [-0.3, -0.25) is 4.79 Å². The number of carbonyl (C=O) groups excluding carboxylic acids is 1. The molecule has 112 valence electrons. The zero-order chi connectivity index (χ0) is 15.7. The lowest BCUT2D eigenvalue weighted by Crippen LogP contribution is -2.17. The van der Waals surface area contributed by atoms with Crippen LogP contribution in [0.1, 0.15) is 13.8 Å². The highest BCUT2D eigenvalue weighted by atomic mass is 35.5. The number of anilines is 1. The zero-order valence-corrected chi connectivity index (χ0v) is 13.0. The van der Waals surface area contributed by atoms with Crippen molar-refractivity contribution in [2.45, 2.75) is 13.8 Å². The number of hydrogen-bond acceptors (Lipinski definition) is 3. The summed E-state index contributed by atoms with van der Waals surface area (Å²) in [5, 5.41) is 3.47. The monoisotopic (exact) mass is 314 g/mol. The quantitative estimate of drug-likeness (QED) is 0.759. The number of nitrogens with zero attached hydrogens (tertiary/aromatic N) is 1. The molecule has 1 aromatic heterocycles. The highest BCUT2D eigenvalue weighted by Gasteiger charge is 2.11. The second-order valence-corrected chi connectivity index (χ2v) is 5.79. The third-order valence-corrected chi connectivity index (χ3v) is 3.49. The van der Waals surface area contributed by atoms with E-state index in [1.807, 2.05) is 38.1 Å². The fourth-order valence-corrected chi connectivity index (χ4v) is 2.22. The molecule has 4 nitrogen and oxygen atoms in total. The molecule has 0 spiro atoms. The molecule has 0 aliphatic carbocycles. The molecule has 0 aliphatic rings. The van der Waals surface area contributed by atoms with Gasteiger partial charge >= 0.3 is 0 Å². The van der Waals surface area contributed by atoms with Gasteiger partial charge in [-0.05, 0) is 30.3 Å². The number of nitrogens with one attached hydrogen (secondary N) is 1. The summed E-state index contributed by atoms with van der Waals surface area (Å²) >= 11 is 5.99. The summed E-state index contributed by atoms with van der Waals surface area (Å²) in [6.45, 7) is 3.69. The minimum Gasteiger partial charge on any atom is -0.436 e. The van der Waals surface area contributed by atoms with Gasteiger partial charge in [0.2, 0.25) is 11.8 Å². The SMILES string of the molecule is CC(C)C(=O)Nc1ccc2nc(-c3cccc(Cl)c3)oc2c1. The van der Waals surface area contributed by atoms with Crippen LogP contribution in [0.4, 0.5) is 5.69 Å². The molecule has 0 saturated heterocycles. The van der Waals surface area contributed by atoms with Gasteiger partial charge in [0.15, 0.2) is 5.58 Å². The fourth-order valence-electron chi connectivity index (χ4n) is 2.03. The van der Waals surface area contributed by atoms with Gasteiger partial charge in [0.05, 0.1) is 0 Å². The molecule has 5 heteroatoms. The van der Waals surface area contributed by atoms with Crippen molar-refractivity contribution in [3.63, 3.8) is 0 Å². The van der Waals surface area contributed by atoms with Gasteiger partial charge in [-0.25, -0.2) is 4.98 Å². The van der Waals surface area contributed by atoms with Crippen LogP contribution < -0.4 is 5.32 Å². The Morgan fingerprint density at radius 2 is 2.05 bits per heavy atom. The molecular weight excluding hydrogens is 300 g/mol. The van der Waals surface area contributed by atoms with Crippen LogP contribution in [0.5, 0.6) is 0 Å². The largest absolute Gasteiger partial charge is 0.436 e. The Bertz CT molecular complexity index is 840. The van der Waals surface area contributed by atoms with Crippen molar-refractivity contribution in [1.29, 1.82) is 0 Å². The van der Waals surface area contributed by atoms with Crippen molar-refractivity contribution in [2.75, 3.05) is 5.32 Å². The van der Waals surface area contributed by atoms with Crippen molar-refractivity contribution >= 4 is 34.3 Å². The molecule has 22 heavy (non-hydrogen) atoms. The van der Waals surface area contributed by atoms with Crippen molar-refractivity contribution in [2.24, 2.45) is 5.92 Å². The van der Waals surface area contributed by atoms with Crippen LogP contribution in [0, 0.1) is 5.92 Å². The van der Waals surface area contributed by atoms with Crippen LogP contribution in [0.15, 0.2) is 46.9 Å². The van der Waals surface area contributed by atoms with Gasteiger partial charge in [-0.15, -0.1) is 0 Å². The summed E-state index contributed by atoms with van der Waals surface area (Å²) in [7, 11) is 0. The maximum Gasteiger partial charge on any atom is 0.227 e. The molecule has 1 N–H and O–H groups in total. The predicted molar refractivity (Wildman–Crippen MR) is 87.9 cm³/mol. The van der Waals surface area contributed by atoms with Crippen LogP contribution >= 0.6 is 11.6 Å². The lowest BCUT2D eigenvalue weighted by molar-refractivity contribution is -0.118. The zero-order valence-electron chi connectivity index (χ0n) is 12.3. The van der Waals surface area contributed by atoms with Crippen LogP contribution in [0.2, 0.25) is 5.02 Å². The molecule has 0 radical (unpaired) electrons. The minimum atomic E-state index is -0.0764. The first-order valence-corrected chi connectivity index (χ1v) is 7.38. The van der Waals surface area contributed by atoms with E-state index in [2.05, 4.69) is 10.3 Å². The van der Waals surface area contributed by atoms with E-state index in [9.17, 15) is 4.79 Å². The summed E-state index contributed by atoms with van der Waals surface area (Å²) in [5.41, 5.74) is 2.87. The van der Waals surface area contributed by atoms with Crippen molar-refractivity contribution in [3.05, 3.63) is 47.5 Å². The van der Waals surface area contributed by atoms with Crippen molar-refractivity contribution in [1.82, 2.24) is 4.98 Å². The third kappa shape index (κ3) is 2.97. The number of carbonyl (C=O) groups is 1. The summed E-state index contributed by atoms with van der Waals surface area (Å²) in [5.74, 6) is 0.395. The molecule has 2 aromatic carbocycles. The summed E-state index contributed by atoms with van der Waals surface area (Å²) in [4.78, 5) is 16.2. The Labute approximate surface area is 133 Å². The molecule has 0 saturated carbocycles. The van der Waals surface area contributed by atoms with E-state index in [-0.39, 0.29) is 11.8 Å².